The number of benzene rings is 1. The summed E-state index contributed by atoms with van der Waals surface area (Å²) in [5.74, 6) is 0.105. The molecule has 1 atom stereocenters. The number of nitrogens with one attached hydrogen (secondary N) is 1. The van der Waals surface area contributed by atoms with Gasteiger partial charge in [0, 0.05) is 30.1 Å². The number of rotatable bonds is 6. The quantitative estimate of drug-likeness (QED) is 0.628. The van der Waals surface area contributed by atoms with Gasteiger partial charge in [-0.2, -0.15) is 0 Å². The van der Waals surface area contributed by atoms with Gasteiger partial charge in [-0.05, 0) is 13.0 Å². The summed E-state index contributed by atoms with van der Waals surface area (Å²) in [4.78, 5) is 10.2. The second-order valence-corrected chi connectivity index (χ2v) is 6.47. The fourth-order valence-electron chi connectivity index (χ4n) is 1.70. The van der Waals surface area contributed by atoms with E-state index in [-0.39, 0.29) is 23.2 Å². The van der Waals surface area contributed by atoms with E-state index >= 15 is 0 Å². The first kappa shape index (κ1) is 15.2. The number of hydrogen-bond donors (Lipinski definition) is 1. The summed E-state index contributed by atoms with van der Waals surface area (Å²) in [5, 5.41) is 13.7. The summed E-state index contributed by atoms with van der Waals surface area (Å²) in [6.07, 6.45) is 1.15. The maximum atomic E-state index is 11.1. The van der Waals surface area contributed by atoms with Crippen LogP contribution in [0.5, 0.6) is 5.75 Å². The minimum Gasteiger partial charge on any atom is -0.490 e. The lowest BCUT2D eigenvalue weighted by molar-refractivity contribution is -0.385. The third-order valence-corrected chi connectivity index (χ3v) is 3.45. The van der Waals surface area contributed by atoms with Crippen molar-refractivity contribution < 1.29 is 18.1 Å². The summed E-state index contributed by atoms with van der Waals surface area (Å²) in [6.45, 7) is 1.72. The predicted octanol–water partition coefficient (Wildman–Crippen LogP) is 1.45. The number of methoxy groups -OCH3 is 1. The van der Waals surface area contributed by atoms with Crippen molar-refractivity contribution >= 4 is 21.2 Å². The number of nitro groups is 1. The Labute approximate surface area is 111 Å². The van der Waals surface area contributed by atoms with Crippen molar-refractivity contribution in [2.75, 3.05) is 24.4 Å². The van der Waals surface area contributed by atoms with Gasteiger partial charge in [-0.15, -0.1) is 0 Å². The maximum Gasteiger partial charge on any atom is 0.311 e. The van der Waals surface area contributed by atoms with E-state index in [0.29, 0.717) is 5.69 Å². The molecule has 0 amide bonds. The summed E-state index contributed by atoms with van der Waals surface area (Å²) in [5.41, 5.74) is 0.433. The minimum atomic E-state index is -3.08. The highest BCUT2D eigenvalue weighted by Crippen LogP contribution is 2.29. The number of nitro benzene ring substituents is 1. The molecule has 1 aromatic rings. The minimum absolute atomic E-state index is 0.0215. The summed E-state index contributed by atoms with van der Waals surface area (Å²) < 4.78 is 27.2. The van der Waals surface area contributed by atoms with Crippen molar-refractivity contribution in [3.05, 3.63) is 28.3 Å². The van der Waals surface area contributed by atoms with Crippen LogP contribution in [0.4, 0.5) is 11.4 Å². The Balaban J connectivity index is 2.89. The van der Waals surface area contributed by atoms with Crippen LogP contribution in [0.15, 0.2) is 18.2 Å². The Hall–Kier alpha value is -1.83. The standard InChI is InChI=1S/C11H16N2O5S/c1-8(7-19(3,16)17)12-9-4-5-10(13(14)15)11(6-9)18-2/h4-6,8,12H,7H2,1-3H3. The van der Waals surface area contributed by atoms with Gasteiger partial charge in [0.15, 0.2) is 5.75 Å². The second-order valence-electron chi connectivity index (χ2n) is 4.28. The summed E-state index contributed by atoms with van der Waals surface area (Å²) >= 11 is 0. The van der Waals surface area contributed by atoms with Crippen molar-refractivity contribution in [1.82, 2.24) is 0 Å². The molecule has 0 aliphatic heterocycles. The lowest BCUT2D eigenvalue weighted by Gasteiger charge is -2.14. The Morgan fingerprint density at radius 3 is 2.58 bits per heavy atom. The molecule has 0 saturated heterocycles. The van der Waals surface area contributed by atoms with E-state index in [0.717, 1.165) is 6.26 Å². The Kier molecular flexibility index (Phi) is 4.71. The predicted molar refractivity (Wildman–Crippen MR) is 72.4 cm³/mol. The van der Waals surface area contributed by atoms with Crippen molar-refractivity contribution in [2.45, 2.75) is 13.0 Å². The van der Waals surface area contributed by atoms with Gasteiger partial charge in [0.05, 0.1) is 17.8 Å². The van der Waals surface area contributed by atoms with Crippen LogP contribution in [0.25, 0.3) is 0 Å². The van der Waals surface area contributed by atoms with Crippen molar-refractivity contribution in [3.63, 3.8) is 0 Å². The molecule has 0 fully saturated rings. The third kappa shape index (κ3) is 4.74. The van der Waals surface area contributed by atoms with Gasteiger partial charge in [-0.3, -0.25) is 10.1 Å². The van der Waals surface area contributed by atoms with Crippen LogP contribution in [-0.4, -0.2) is 38.5 Å². The van der Waals surface area contributed by atoms with E-state index < -0.39 is 14.8 Å². The molecule has 1 N–H and O–H groups in total. The van der Waals surface area contributed by atoms with Gasteiger partial charge in [0.2, 0.25) is 0 Å². The smallest absolute Gasteiger partial charge is 0.311 e. The van der Waals surface area contributed by atoms with E-state index in [4.69, 9.17) is 4.74 Å². The molecule has 0 radical (unpaired) electrons. The van der Waals surface area contributed by atoms with E-state index in [2.05, 4.69) is 5.32 Å². The van der Waals surface area contributed by atoms with Crippen molar-refractivity contribution in [3.8, 4) is 5.75 Å². The number of nitrogens with zero attached hydrogens (tertiary/aromatic N) is 1. The molecule has 19 heavy (non-hydrogen) atoms. The number of ether oxygens (including phenoxy) is 1. The zero-order valence-corrected chi connectivity index (χ0v) is 11.7. The fourth-order valence-corrected chi connectivity index (χ4v) is 2.69. The average molecular weight is 288 g/mol. The monoisotopic (exact) mass is 288 g/mol. The molecule has 1 unspecified atom stereocenters. The van der Waals surface area contributed by atoms with Gasteiger partial charge in [0.1, 0.15) is 9.84 Å². The van der Waals surface area contributed by atoms with E-state index in [1.54, 1.807) is 6.92 Å². The third-order valence-electron chi connectivity index (χ3n) is 2.34. The molecular weight excluding hydrogens is 272 g/mol. The molecule has 1 aromatic carbocycles. The average Bonchev–Trinajstić information content (AvgIpc) is 2.25. The van der Waals surface area contributed by atoms with Crippen molar-refractivity contribution in [2.24, 2.45) is 0 Å². The van der Waals surface area contributed by atoms with E-state index in [9.17, 15) is 18.5 Å². The van der Waals surface area contributed by atoms with Crippen LogP contribution in [-0.2, 0) is 9.84 Å². The molecule has 7 nitrogen and oxygen atoms in total. The maximum absolute atomic E-state index is 11.1. The molecule has 106 valence electrons. The van der Waals surface area contributed by atoms with E-state index in [1.807, 2.05) is 0 Å². The summed E-state index contributed by atoms with van der Waals surface area (Å²) in [7, 11) is -1.74. The first-order valence-electron chi connectivity index (χ1n) is 5.49. The molecule has 0 aliphatic rings. The van der Waals surface area contributed by atoms with Crippen LogP contribution in [0.1, 0.15) is 6.92 Å². The Morgan fingerprint density at radius 1 is 1.47 bits per heavy atom. The topological polar surface area (TPSA) is 98.5 Å². The van der Waals surface area contributed by atoms with Gasteiger partial charge in [-0.1, -0.05) is 0 Å². The first-order chi connectivity index (χ1) is 8.73. The molecule has 0 aromatic heterocycles. The molecule has 0 spiro atoms. The van der Waals surface area contributed by atoms with Crippen LogP contribution in [0, 0.1) is 10.1 Å². The highest BCUT2D eigenvalue weighted by atomic mass is 32.2. The molecular formula is C11H16N2O5S. The normalized spacial score (nSPS) is 12.8. The lowest BCUT2D eigenvalue weighted by atomic mass is 10.2. The highest BCUT2D eigenvalue weighted by Gasteiger charge is 2.16. The van der Waals surface area contributed by atoms with Gasteiger partial charge >= 0.3 is 5.69 Å². The summed E-state index contributed by atoms with van der Waals surface area (Å²) in [6, 6.07) is 3.99. The molecule has 0 aliphatic carbocycles. The fraction of sp³-hybridized carbons (Fsp3) is 0.455. The zero-order valence-electron chi connectivity index (χ0n) is 10.9. The largest absolute Gasteiger partial charge is 0.490 e. The van der Waals surface area contributed by atoms with Crippen LogP contribution in [0.2, 0.25) is 0 Å². The molecule has 0 bridgehead atoms. The number of hydrogen-bond acceptors (Lipinski definition) is 6. The van der Waals surface area contributed by atoms with Gasteiger partial charge < -0.3 is 10.1 Å². The molecule has 8 heteroatoms. The number of sulfone groups is 1. The number of anilines is 1. The van der Waals surface area contributed by atoms with Crippen LogP contribution >= 0.6 is 0 Å². The van der Waals surface area contributed by atoms with Gasteiger partial charge in [0.25, 0.3) is 0 Å². The van der Waals surface area contributed by atoms with E-state index in [1.165, 1.54) is 25.3 Å². The molecule has 0 saturated carbocycles. The molecule has 0 heterocycles. The van der Waals surface area contributed by atoms with Crippen LogP contribution in [0.3, 0.4) is 0 Å². The Bertz CT molecular complexity index is 570. The SMILES string of the molecule is COc1cc(NC(C)CS(C)(=O)=O)ccc1[N+](=O)[O-]. The Morgan fingerprint density at radius 2 is 2.11 bits per heavy atom. The lowest BCUT2D eigenvalue weighted by Crippen LogP contribution is -2.24. The van der Waals surface area contributed by atoms with Crippen molar-refractivity contribution in [1.29, 1.82) is 0 Å². The first-order valence-corrected chi connectivity index (χ1v) is 7.55. The van der Waals surface area contributed by atoms with Gasteiger partial charge in [-0.25, -0.2) is 8.42 Å². The highest BCUT2D eigenvalue weighted by molar-refractivity contribution is 7.90. The molecule has 1 rings (SSSR count). The zero-order chi connectivity index (χ0) is 14.6. The second kappa shape index (κ2) is 5.87. The van der Waals surface area contributed by atoms with Crippen LogP contribution < -0.4 is 10.1 Å².